The van der Waals surface area contributed by atoms with E-state index in [9.17, 15) is 0 Å². The van der Waals surface area contributed by atoms with Crippen molar-refractivity contribution in [2.24, 2.45) is 5.92 Å². The molecule has 0 bridgehead atoms. The lowest BCUT2D eigenvalue weighted by molar-refractivity contribution is 0.414. The molecule has 0 fully saturated rings. The second kappa shape index (κ2) is 4.80. The van der Waals surface area contributed by atoms with Gasteiger partial charge in [0.15, 0.2) is 0 Å². The Kier molecular flexibility index (Phi) is 3.60. The van der Waals surface area contributed by atoms with E-state index in [1.807, 2.05) is 11.8 Å². The molecule has 1 N–H and O–H groups in total. The lowest BCUT2D eigenvalue weighted by Crippen LogP contribution is -2.31. The number of fused-ring (bicyclic) bond motifs is 1. The number of hydrogen-bond donors (Lipinski definition) is 1. The molecule has 0 amide bonds. The maximum absolute atomic E-state index is 3.65. The summed E-state index contributed by atoms with van der Waals surface area (Å²) in [5.74, 6) is 1.95. The third kappa shape index (κ3) is 2.01. The maximum atomic E-state index is 3.65. The van der Waals surface area contributed by atoms with Gasteiger partial charge in [-0.15, -0.1) is 11.8 Å². The molecular formula is C14H21NS. The Morgan fingerprint density at radius 3 is 2.69 bits per heavy atom. The normalized spacial score (nSPS) is 24.2. The fourth-order valence-corrected chi connectivity index (χ4v) is 3.86. The Bertz CT molecular complexity index is 387. The molecular weight excluding hydrogens is 214 g/mol. The lowest BCUT2D eigenvalue weighted by atomic mass is 9.90. The van der Waals surface area contributed by atoms with Crippen molar-refractivity contribution in [1.82, 2.24) is 5.32 Å². The van der Waals surface area contributed by atoms with E-state index in [2.05, 4.69) is 45.1 Å². The van der Waals surface area contributed by atoms with E-state index >= 15 is 0 Å². The molecule has 88 valence electrons. The summed E-state index contributed by atoms with van der Waals surface area (Å²) in [5.41, 5.74) is 4.41. The van der Waals surface area contributed by atoms with Crippen molar-refractivity contribution >= 4 is 11.8 Å². The minimum absolute atomic E-state index is 0.543. The molecule has 1 aliphatic rings. The Morgan fingerprint density at radius 2 is 2.00 bits per heavy atom. The van der Waals surface area contributed by atoms with Crippen molar-refractivity contribution in [3.63, 3.8) is 0 Å². The van der Waals surface area contributed by atoms with Crippen LogP contribution in [0, 0.1) is 19.8 Å². The van der Waals surface area contributed by atoms with Crippen LogP contribution in [0.5, 0.6) is 0 Å². The highest BCUT2D eigenvalue weighted by atomic mass is 32.2. The Hall–Kier alpha value is -0.470. The van der Waals surface area contributed by atoms with Crippen LogP contribution in [-0.2, 0) is 0 Å². The van der Waals surface area contributed by atoms with Gasteiger partial charge in [-0.3, -0.25) is 0 Å². The van der Waals surface area contributed by atoms with Gasteiger partial charge in [-0.05, 0) is 43.0 Å². The maximum Gasteiger partial charge on any atom is 0.0367 e. The fourth-order valence-electron chi connectivity index (χ4n) is 2.50. The van der Waals surface area contributed by atoms with Crippen molar-refractivity contribution in [3.8, 4) is 0 Å². The van der Waals surface area contributed by atoms with Crippen LogP contribution in [0.3, 0.4) is 0 Å². The summed E-state index contributed by atoms with van der Waals surface area (Å²) in [4.78, 5) is 1.52. The van der Waals surface area contributed by atoms with Gasteiger partial charge >= 0.3 is 0 Å². The number of thioether (sulfide) groups is 1. The number of aryl methyl sites for hydroxylation is 2. The summed E-state index contributed by atoms with van der Waals surface area (Å²) < 4.78 is 0. The number of nitrogens with one attached hydrogen (secondary N) is 1. The molecule has 2 unspecified atom stereocenters. The SMILES string of the molecule is CCNC1c2c(C)ccc(C)c2SCC1C. The summed E-state index contributed by atoms with van der Waals surface area (Å²) in [5, 5.41) is 3.65. The number of benzene rings is 1. The molecule has 1 aromatic carbocycles. The monoisotopic (exact) mass is 235 g/mol. The fraction of sp³-hybridized carbons (Fsp3) is 0.571. The van der Waals surface area contributed by atoms with Crippen molar-refractivity contribution in [2.75, 3.05) is 12.3 Å². The molecule has 2 atom stereocenters. The zero-order valence-corrected chi connectivity index (χ0v) is 11.4. The Balaban J connectivity index is 2.49. The largest absolute Gasteiger partial charge is 0.310 e. The molecule has 0 aromatic heterocycles. The highest BCUT2D eigenvalue weighted by molar-refractivity contribution is 7.99. The quantitative estimate of drug-likeness (QED) is 0.839. The van der Waals surface area contributed by atoms with Crippen molar-refractivity contribution in [1.29, 1.82) is 0 Å². The number of hydrogen-bond acceptors (Lipinski definition) is 2. The molecule has 2 rings (SSSR count). The van der Waals surface area contributed by atoms with E-state index in [1.165, 1.54) is 21.8 Å². The summed E-state index contributed by atoms with van der Waals surface area (Å²) >= 11 is 2.03. The van der Waals surface area contributed by atoms with E-state index in [0.29, 0.717) is 6.04 Å². The average molecular weight is 235 g/mol. The zero-order chi connectivity index (χ0) is 11.7. The van der Waals surface area contributed by atoms with Crippen molar-refractivity contribution in [3.05, 3.63) is 28.8 Å². The highest BCUT2D eigenvalue weighted by Crippen LogP contribution is 2.42. The minimum Gasteiger partial charge on any atom is -0.310 e. The van der Waals surface area contributed by atoms with Crippen LogP contribution in [0.25, 0.3) is 0 Å². The summed E-state index contributed by atoms with van der Waals surface area (Å²) in [6.45, 7) is 10.1. The van der Waals surface area contributed by atoms with E-state index in [0.717, 1.165) is 12.5 Å². The van der Waals surface area contributed by atoms with E-state index in [4.69, 9.17) is 0 Å². The summed E-state index contributed by atoms with van der Waals surface area (Å²) in [6, 6.07) is 5.05. The van der Waals surface area contributed by atoms with Crippen LogP contribution in [0.1, 0.15) is 36.6 Å². The Labute approximate surface area is 103 Å². The third-order valence-electron chi connectivity index (χ3n) is 3.41. The van der Waals surface area contributed by atoms with Gasteiger partial charge in [-0.2, -0.15) is 0 Å². The second-order valence-electron chi connectivity index (χ2n) is 4.77. The predicted molar refractivity (Wildman–Crippen MR) is 72.2 cm³/mol. The molecule has 16 heavy (non-hydrogen) atoms. The highest BCUT2D eigenvalue weighted by Gasteiger charge is 2.28. The minimum atomic E-state index is 0.543. The van der Waals surface area contributed by atoms with E-state index in [-0.39, 0.29) is 0 Å². The molecule has 1 aliphatic heterocycles. The smallest absolute Gasteiger partial charge is 0.0367 e. The van der Waals surface area contributed by atoms with Gasteiger partial charge in [0.05, 0.1) is 0 Å². The molecule has 0 saturated heterocycles. The van der Waals surface area contributed by atoms with Crippen molar-refractivity contribution < 1.29 is 0 Å². The van der Waals surface area contributed by atoms with Gasteiger partial charge in [0.2, 0.25) is 0 Å². The zero-order valence-electron chi connectivity index (χ0n) is 10.6. The molecule has 1 nitrogen and oxygen atoms in total. The lowest BCUT2D eigenvalue weighted by Gasteiger charge is -2.33. The molecule has 0 aliphatic carbocycles. The molecule has 1 aromatic rings. The van der Waals surface area contributed by atoms with E-state index < -0.39 is 0 Å². The second-order valence-corrected chi connectivity index (χ2v) is 5.80. The Morgan fingerprint density at radius 1 is 1.31 bits per heavy atom. The first kappa shape index (κ1) is 12.0. The average Bonchev–Trinajstić information content (AvgIpc) is 2.27. The van der Waals surface area contributed by atoms with Gasteiger partial charge in [0.1, 0.15) is 0 Å². The first-order valence-corrected chi connectivity index (χ1v) is 7.10. The number of rotatable bonds is 2. The molecule has 2 heteroatoms. The molecule has 0 radical (unpaired) electrons. The van der Waals surface area contributed by atoms with Crippen LogP contribution in [-0.4, -0.2) is 12.3 Å². The molecule has 1 heterocycles. The summed E-state index contributed by atoms with van der Waals surface area (Å²) in [7, 11) is 0. The predicted octanol–water partition coefficient (Wildman–Crippen LogP) is 3.70. The third-order valence-corrected chi connectivity index (χ3v) is 4.93. The van der Waals surface area contributed by atoms with Gasteiger partial charge in [0, 0.05) is 16.7 Å². The van der Waals surface area contributed by atoms with Gasteiger partial charge in [-0.1, -0.05) is 26.0 Å². The van der Waals surface area contributed by atoms with Crippen molar-refractivity contribution in [2.45, 2.75) is 38.6 Å². The first-order valence-electron chi connectivity index (χ1n) is 6.11. The van der Waals surface area contributed by atoms with Crippen LogP contribution < -0.4 is 5.32 Å². The first-order chi connectivity index (χ1) is 7.65. The van der Waals surface area contributed by atoms with Gasteiger partial charge in [-0.25, -0.2) is 0 Å². The van der Waals surface area contributed by atoms with E-state index in [1.54, 1.807) is 5.56 Å². The molecule has 0 saturated carbocycles. The standard InChI is InChI=1S/C14H21NS/c1-5-15-13-11(4)8-16-14-10(3)7-6-9(2)12(13)14/h6-7,11,13,15H,5,8H2,1-4H3. The van der Waals surface area contributed by atoms with Gasteiger partial charge in [0.25, 0.3) is 0 Å². The van der Waals surface area contributed by atoms with Crippen LogP contribution >= 0.6 is 11.8 Å². The van der Waals surface area contributed by atoms with Crippen LogP contribution in [0.15, 0.2) is 17.0 Å². The van der Waals surface area contributed by atoms with Crippen LogP contribution in [0.2, 0.25) is 0 Å². The topological polar surface area (TPSA) is 12.0 Å². The molecule has 0 spiro atoms. The van der Waals surface area contributed by atoms with Gasteiger partial charge < -0.3 is 5.32 Å². The summed E-state index contributed by atoms with van der Waals surface area (Å²) in [6.07, 6.45) is 0. The van der Waals surface area contributed by atoms with Crippen LogP contribution in [0.4, 0.5) is 0 Å².